The van der Waals surface area contributed by atoms with E-state index in [4.69, 9.17) is 4.74 Å². The molecule has 0 N–H and O–H groups in total. The van der Waals surface area contributed by atoms with Crippen LogP contribution in [0.1, 0.15) is 19.3 Å². The van der Waals surface area contributed by atoms with Gasteiger partial charge in [0.2, 0.25) is 0 Å². The summed E-state index contributed by atoms with van der Waals surface area (Å²) >= 11 is 4.43. The third-order valence-corrected chi connectivity index (χ3v) is 3.52. The van der Waals surface area contributed by atoms with Crippen LogP contribution in [0.5, 0.6) is 5.75 Å². The molecule has 0 amide bonds. The summed E-state index contributed by atoms with van der Waals surface area (Å²) in [6.07, 6.45) is 4.07. The van der Waals surface area contributed by atoms with Gasteiger partial charge in [0.1, 0.15) is 11.9 Å². The van der Waals surface area contributed by atoms with Crippen LogP contribution in [0.4, 0.5) is 0 Å². The summed E-state index contributed by atoms with van der Waals surface area (Å²) in [5.41, 5.74) is 0. The van der Waals surface area contributed by atoms with Crippen molar-refractivity contribution in [3.8, 4) is 5.75 Å². The molecule has 1 aromatic rings. The van der Waals surface area contributed by atoms with Gasteiger partial charge in [-0.1, -0.05) is 12.1 Å². The highest BCUT2D eigenvalue weighted by Gasteiger charge is 2.32. The van der Waals surface area contributed by atoms with Crippen molar-refractivity contribution in [3.63, 3.8) is 0 Å². The van der Waals surface area contributed by atoms with Crippen molar-refractivity contribution < 1.29 is 4.74 Å². The van der Waals surface area contributed by atoms with Crippen molar-refractivity contribution >= 4 is 12.6 Å². The van der Waals surface area contributed by atoms with Crippen LogP contribution < -0.4 is 4.74 Å². The first-order chi connectivity index (χ1) is 8.16. The van der Waals surface area contributed by atoms with Gasteiger partial charge in [-0.25, -0.2) is 0 Å². The molecule has 94 valence electrons. The van der Waals surface area contributed by atoms with Crippen molar-refractivity contribution in [3.05, 3.63) is 24.3 Å². The molecule has 1 aromatic carbocycles. The summed E-state index contributed by atoms with van der Waals surface area (Å²) in [5.74, 6) is 1.68. The normalized spacial score (nSPS) is 17.2. The molecule has 1 aliphatic rings. The maximum Gasteiger partial charge on any atom is 0.133 e. The van der Waals surface area contributed by atoms with Crippen molar-refractivity contribution in [1.82, 2.24) is 4.90 Å². The van der Waals surface area contributed by atoms with E-state index in [0.29, 0.717) is 6.10 Å². The third-order valence-electron chi connectivity index (χ3n) is 3.15. The average Bonchev–Trinajstić information content (AvgIpc) is 3.10. The monoisotopic (exact) mass is 251 g/mol. The molecular weight excluding hydrogens is 230 g/mol. The smallest absolute Gasteiger partial charge is 0.133 e. The Hall–Kier alpha value is -0.670. The number of para-hydroxylation sites is 1. The van der Waals surface area contributed by atoms with Gasteiger partial charge in [0.05, 0.1) is 0 Å². The van der Waals surface area contributed by atoms with Crippen LogP contribution in [0.2, 0.25) is 0 Å². The molecule has 2 rings (SSSR count). The maximum absolute atomic E-state index is 6.12. The fourth-order valence-electron chi connectivity index (χ4n) is 1.96. The lowest BCUT2D eigenvalue weighted by Crippen LogP contribution is -2.25. The lowest BCUT2D eigenvalue weighted by Gasteiger charge is -2.21. The largest absolute Gasteiger partial charge is 0.489 e. The molecule has 0 spiro atoms. The van der Waals surface area contributed by atoms with Crippen molar-refractivity contribution in [1.29, 1.82) is 0 Å². The molecule has 0 bridgehead atoms. The average molecular weight is 251 g/mol. The molecule has 1 unspecified atom stereocenters. The number of nitrogens with zero attached hydrogens (tertiary/aromatic N) is 1. The zero-order valence-corrected chi connectivity index (χ0v) is 11.5. The molecule has 0 saturated heterocycles. The van der Waals surface area contributed by atoms with Gasteiger partial charge in [0, 0.05) is 11.4 Å². The molecule has 1 fully saturated rings. The quantitative estimate of drug-likeness (QED) is 0.780. The van der Waals surface area contributed by atoms with E-state index in [1.54, 1.807) is 0 Å². The molecule has 0 radical (unpaired) electrons. The highest BCUT2D eigenvalue weighted by molar-refractivity contribution is 7.80. The Bertz CT molecular complexity index is 363. The molecule has 1 aliphatic carbocycles. The fourth-order valence-corrected chi connectivity index (χ4v) is 2.18. The second kappa shape index (κ2) is 5.78. The van der Waals surface area contributed by atoms with Gasteiger partial charge >= 0.3 is 0 Å². The van der Waals surface area contributed by atoms with Gasteiger partial charge < -0.3 is 9.64 Å². The number of rotatable bonds is 6. The highest BCUT2D eigenvalue weighted by atomic mass is 32.1. The van der Waals surface area contributed by atoms with Gasteiger partial charge in [0.25, 0.3) is 0 Å². The highest BCUT2D eigenvalue weighted by Crippen LogP contribution is 2.37. The van der Waals surface area contributed by atoms with Crippen molar-refractivity contribution in [2.75, 3.05) is 20.6 Å². The van der Waals surface area contributed by atoms with E-state index in [-0.39, 0.29) is 0 Å². The van der Waals surface area contributed by atoms with Crippen molar-refractivity contribution in [2.45, 2.75) is 30.3 Å². The van der Waals surface area contributed by atoms with Crippen LogP contribution in [-0.4, -0.2) is 31.6 Å². The summed E-state index contributed by atoms with van der Waals surface area (Å²) in [4.78, 5) is 3.15. The molecule has 3 heteroatoms. The van der Waals surface area contributed by atoms with Gasteiger partial charge in [0.15, 0.2) is 0 Å². The minimum absolute atomic E-state index is 0.352. The summed E-state index contributed by atoms with van der Waals surface area (Å²) in [5, 5.41) is 0. The van der Waals surface area contributed by atoms with Crippen LogP contribution >= 0.6 is 12.6 Å². The Morgan fingerprint density at radius 3 is 2.65 bits per heavy atom. The van der Waals surface area contributed by atoms with E-state index in [1.165, 1.54) is 12.8 Å². The first kappa shape index (κ1) is 12.8. The van der Waals surface area contributed by atoms with Gasteiger partial charge in [-0.3, -0.25) is 0 Å². The summed E-state index contributed by atoms with van der Waals surface area (Å²) in [6, 6.07) is 7.98. The molecule has 0 aromatic heterocycles. The molecule has 1 atom stereocenters. The van der Waals surface area contributed by atoms with Crippen LogP contribution in [0, 0.1) is 5.92 Å². The third kappa shape index (κ3) is 3.93. The van der Waals surface area contributed by atoms with E-state index in [1.807, 2.05) is 24.3 Å². The number of thiol groups is 1. The number of hydrogen-bond donors (Lipinski definition) is 1. The van der Waals surface area contributed by atoms with Crippen LogP contribution in [0.3, 0.4) is 0 Å². The molecule has 17 heavy (non-hydrogen) atoms. The Balaban J connectivity index is 1.95. The van der Waals surface area contributed by atoms with E-state index >= 15 is 0 Å². The molecule has 0 aliphatic heterocycles. The van der Waals surface area contributed by atoms with Crippen LogP contribution in [0.25, 0.3) is 0 Å². The lowest BCUT2D eigenvalue weighted by atomic mass is 10.1. The standard InChI is InChI=1S/C14H21NOS/c1-15(2)10-9-12(11-7-8-11)16-13-5-3-4-6-14(13)17/h3-6,11-12,17H,7-10H2,1-2H3. The molecule has 1 saturated carbocycles. The summed E-state index contributed by atoms with van der Waals surface area (Å²) < 4.78 is 6.12. The summed E-state index contributed by atoms with van der Waals surface area (Å²) in [6.45, 7) is 1.08. The predicted octanol–water partition coefficient (Wildman–Crippen LogP) is 3.08. The van der Waals surface area contributed by atoms with Crippen LogP contribution in [-0.2, 0) is 0 Å². The molecule has 2 nitrogen and oxygen atoms in total. The fraction of sp³-hybridized carbons (Fsp3) is 0.571. The van der Waals surface area contributed by atoms with Crippen molar-refractivity contribution in [2.24, 2.45) is 5.92 Å². The zero-order valence-electron chi connectivity index (χ0n) is 10.6. The topological polar surface area (TPSA) is 12.5 Å². The minimum atomic E-state index is 0.352. The Morgan fingerprint density at radius 1 is 1.35 bits per heavy atom. The second-order valence-electron chi connectivity index (χ2n) is 5.05. The molecular formula is C14H21NOS. The number of hydrogen-bond acceptors (Lipinski definition) is 3. The minimum Gasteiger partial charge on any atom is -0.489 e. The van der Waals surface area contributed by atoms with E-state index in [2.05, 4.69) is 31.6 Å². The van der Waals surface area contributed by atoms with E-state index in [9.17, 15) is 0 Å². The van der Waals surface area contributed by atoms with E-state index < -0.39 is 0 Å². The first-order valence-electron chi connectivity index (χ1n) is 6.26. The summed E-state index contributed by atoms with van der Waals surface area (Å²) in [7, 11) is 4.22. The number of benzene rings is 1. The predicted molar refractivity (Wildman–Crippen MR) is 74.0 cm³/mol. The van der Waals surface area contributed by atoms with Gasteiger partial charge in [-0.15, -0.1) is 12.6 Å². The van der Waals surface area contributed by atoms with Crippen LogP contribution in [0.15, 0.2) is 29.2 Å². The Kier molecular flexibility index (Phi) is 4.35. The Morgan fingerprint density at radius 2 is 2.06 bits per heavy atom. The lowest BCUT2D eigenvalue weighted by molar-refractivity contribution is 0.151. The first-order valence-corrected chi connectivity index (χ1v) is 6.71. The Labute approximate surface area is 109 Å². The zero-order chi connectivity index (χ0) is 12.3. The SMILES string of the molecule is CN(C)CCC(Oc1ccccc1S)C1CC1. The van der Waals surface area contributed by atoms with Gasteiger partial charge in [-0.05, 0) is 51.4 Å². The van der Waals surface area contributed by atoms with Gasteiger partial charge in [-0.2, -0.15) is 0 Å². The number of ether oxygens (including phenoxy) is 1. The van der Waals surface area contributed by atoms with E-state index in [0.717, 1.165) is 29.5 Å². The molecule has 0 heterocycles. The second-order valence-corrected chi connectivity index (χ2v) is 5.54. The maximum atomic E-state index is 6.12.